The van der Waals surface area contributed by atoms with Crippen molar-refractivity contribution in [1.29, 1.82) is 0 Å². The molecule has 0 bridgehead atoms. The zero-order chi connectivity index (χ0) is 14.3. The van der Waals surface area contributed by atoms with Gasteiger partial charge in [0.25, 0.3) is 0 Å². The molecule has 0 radical (unpaired) electrons. The van der Waals surface area contributed by atoms with E-state index in [0.717, 1.165) is 31.6 Å². The minimum atomic E-state index is -0.167. The van der Waals surface area contributed by atoms with Gasteiger partial charge in [0.2, 0.25) is 0 Å². The zero-order valence-electron chi connectivity index (χ0n) is 12.5. The fraction of sp³-hybridized carbons (Fsp3) is 0.625. The van der Waals surface area contributed by atoms with Gasteiger partial charge >= 0.3 is 0 Å². The molecule has 1 N–H and O–H groups in total. The lowest BCUT2D eigenvalue weighted by molar-refractivity contribution is 0.170. The second-order valence-electron chi connectivity index (χ2n) is 5.19. The van der Waals surface area contributed by atoms with Crippen molar-refractivity contribution in [1.82, 2.24) is 5.32 Å². The third-order valence-corrected chi connectivity index (χ3v) is 3.53. The average Bonchev–Trinajstić information content (AvgIpc) is 2.38. The smallest absolute Gasteiger partial charge is 0.123 e. The second kappa shape index (κ2) is 8.28. The molecule has 3 heteroatoms. The van der Waals surface area contributed by atoms with Crippen LogP contribution in [0.5, 0.6) is 0 Å². The number of nitrogens with one attached hydrogen (secondary N) is 1. The van der Waals surface area contributed by atoms with Gasteiger partial charge in [-0.15, -0.1) is 0 Å². The lowest BCUT2D eigenvalue weighted by Crippen LogP contribution is -2.29. The third-order valence-electron chi connectivity index (χ3n) is 3.53. The van der Waals surface area contributed by atoms with Crippen molar-refractivity contribution in [2.75, 3.05) is 20.3 Å². The highest BCUT2D eigenvalue weighted by Gasteiger charge is 2.20. The van der Waals surface area contributed by atoms with Crippen LogP contribution in [0.1, 0.15) is 43.9 Å². The molecule has 0 spiro atoms. The van der Waals surface area contributed by atoms with Gasteiger partial charge in [0.05, 0.1) is 0 Å². The summed E-state index contributed by atoms with van der Waals surface area (Å²) >= 11 is 0. The number of rotatable bonds is 8. The predicted octanol–water partition coefficient (Wildman–Crippen LogP) is 3.85. The predicted molar refractivity (Wildman–Crippen MR) is 77.8 cm³/mol. The quantitative estimate of drug-likeness (QED) is 0.772. The first kappa shape index (κ1) is 16.1. The molecule has 0 aliphatic carbocycles. The average molecular weight is 267 g/mol. The Bertz CT molecular complexity index is 381. The lowest BCUT2D eigenvalue weighted by Gasteiger charge is -2.27. The van der Waals surface area contributed by atoms with E-state index in [9.17, 15) is 4.39 Å². The second-order valence-corrected chi connectivity index (χ2v) is 5.19. The molecule has 1 aromatic rings. The third kappa shape index (κ3) is 4.92. The monoisotopic (exact) mass is 267 g/mol. The van der Waals surface area contributed by atoms with Crippen LogP contribution in [-0.2, 0) is 4.74 Å². The number of halogens is 1. The van der Waals surface area contributed by atoms with E-state index in [1.54, 1.807) is 19.2 Å². The molecule has 0 saturated heterocycles. The van der Waals surface area contributed by atoms with Crippen molar-refractivity contribution in [3.05, 3.63) is 35.1 Å². The van der Waals surface area contributed by atoms with Gasteiger partial charge in [-0.25, -0.2) is 4.39 Å². The highest BCUT2D eigenvalue weighted by atomic mass is 19.1. The summed E-state index contributed by atoms with van der Waals surface area (Å²) in [5.41, 5.74) is 2.20. The minimum absolute atomic E-state index is 0.167. The summed E-state index contributed by atoms with van der Waals surface area (Å²) in [5.74, 6) is 0.288. The minimum Gasteiger partial charge on any atom is -0.385 e. The number of aryl methyl sites for hydroxylation is 1. The van der Waals surface area contributed by atoms with Crippen molar-refractivity contribution in [3.8, 4) is 0 Å². The van der Waals surface area contributed by atoms with E-state index in [0.29, 0.717) is 5.92 Å². The summed E-state index contributed by atoms with van der Waals surface area (Å²) in [6.45, 7) is 8.07. The molecule has 19 heavy (non-hydrogen) atoms. The van der Waals surface area contributed by atoms with Crippen LogP contribution >= 0.6 is 0 Å². The van der Waals surface area contributed by atoms with Crippen LogP contribution in [0, 0.1) is 18.7 Å². The number of methoxy groups -OCH3 is 1. The molecule has 0 aliphatic heterocycles. The number of ether oxygens (including phenoxy) is 1. The van der Waals surface area contributed by atoms with Gasteiger partial charge in [-0.05, 0) is 55.5 Å². The molecule has 0 saturated carbocycles. The lowest BCUT2D eigenvalue weighted by atomic mass is 9.89. The van der Waals surface area contributed by atoms with Crippen molar-refractivity contribution in [3.63, 3.8) is 0 Å². The molecule has 0 fully saturated rings. The summed E-state index contributed by atoms with van der Waals surface area (Å²) in [5, 5.41) is 3.58. The van der Waals surface area contributed by atoms with Gasteiger partial charge < -0.3 is 10.1 Å². The largest absolute Gasteiger partial charge is 0.385 e. The summed E-state index contributed by atoms with van der Waals surface area (Å²) in [7, 11) is 1.73. The standard InChI is InChI=1S/C16H26FNO/c1-5-9-18-16(12(2)8-10-19-4)15-7-6-14(17)11-13(15)3/h6-7,11-12,16,18H,5,8-10H2,1-4H3. The fourth-order valence-electron chi connectivity index (χ4n) is 2.38. The Hall–Kier alpha value is -0.930. The maximum atomic E-state index is 13.2. The highest BCUT2D eigenvalue weighted by Crippen LogP contribution is 2.27. The molecule has 1 rings (SSSR count). The van der Waals surface area contributed by atoms with Crippen LogP contribution in [0.25, 0.3) is 0 Å². The first-order valence-electron chi connectivity index (χ1n) is 7.08. The molecule has 2 nitrogen and oxygen atoms in total. The van der Waals surface area contributed by atoms with E-state index in [2.05, 4.69) is 19.2 Å². The van der Waals surface area contributed by atoms with Crippen LogP contribution in [0.4, 0.5) is 4.39 Å². The van der Waals surface area contributed by atoms with Crippen molar-refractivity contribution in [2.24, 2.45) is 5.92 Å². The van der Waals surface area contributed by atoms with E-state index in [-0.39, 0.29) is 11.9 Å². The van der Waals surface area contributed by atoms with Crippen LogP contribution < -0.4 is 5.32 Å². The molecular formula is C16H26FNO. The Balaban J connectivity index is 2.88. The molecular weight excluding hydrogens is 241 g/mol. The SMILES string of the molecule is CCCNC(c1ccc(F)cc1C)C(C)CCOC. The summed E-state index contributed by atoms with van der Waals surface area (Å²) in [6, 6.07) is 5.32. The Labute approximate surface area is 116 Å². The van der Waals surface area contributed by atoms with Gasteiger partial charge in [-0.1, -0.05) is 19.9 Å². The van der Waals surface area contributed by atoms with Crippen molar-refractivity contribution >= 4 is 0 Å². The number of benzene rings is 1. The Kier molecular flexibility index (Phi) is 7.03. The number of hydrogen-bond donors (Lipinski definition) is 1. The van der Waals surface area contributed by atoms with E-state index in [4.69, 9.17) is 4.74 Å². The topological polar surface area (TPSA) is 21.3 Å². The van der Waals surface area contributed by atoms with Crippen LogP contribution in [0.3, 0.4) is 0 Å². The Morgan fingerprint density at radius 2 is 2.11 bits per heavy atom. The first-order valence-corrected chi connectivity index (χ1v) is 7.08. The Morgan fingerprint density at radius 1 is 1.37 bits per heavy atom. The highest BCUT2D eigenvalue weighted by molar-refractivity contribution is 5.30. The normalized spacial score (nSPS) is 14.4. The molecule has 0 aromatic heterocycles. The molecule has 1 aromatic carbocycles. The molecule has 2 atom stereocenters. The summed E-state index contributed by atoms with van der Waals surface area (Å²) in [4.78, 5) is 0. The Morgan fingerprint density at radius 3 is 2.68 bits per heavy atom. The fourth-order valence-corrected chi connectivity index (χ4v) is 2.38. The molecule has 108 valence electrons. The first-order chi connectivity index (χ1) is 9.10. The van der Waals surface area contributed by atoms with Crippen molar-refractivity contribution in [2.45, 2.75) is 39.7 Å². The van der Waals surface area contributed by atoms with E-state index in [1.165, 1.54) is 5.56 Å². The number of hydrogen-bond acceptors (Lipinski definition) is 2. The van der Waals surface area contributed by atoms with Crippen LogP contribution in [0.15, 0.2) is 18.2 Å². The van der Waals surface area contributed by atoms with Gasteiger partial charge in [0, 0.05) is 19.8 Å². The van der Waals surface area contributed by atoms with Gasteiger partial charge in [0.15, 0.2) is 0 Å². The maximum Gasteiger partial charge on any atom is 0.123 e. The summed E-state index contributed by atoms with van der Waals surface area (Å²) < 4.78 is 18.4. The van der Waals surface area contributed by atoms with E-state index in [1.807, 2.05) is 13.0 Å². The van der Waals surface area contributed by atoms with Gasteiger partial charge in [-0.2, -0.15) is 0 Å². The maximum absolute atomic E-state index is 13.2. The van der Waals surface area contributed by atoms with Gasteiger partial charge in [-0.3, -0.25) is 0 Å². The molecule has 2 unspecified atom stereocenters. The zero-order valence-corrected chi connectivity index (χ0v) is 12.5. The van der Waals surface area contributed by atoms with Crippen LogP contribution in [0.2, 0.25) is 0 Å². The van der Waals surface area contributed by atoms with Crippen molar-refractivity contribution < 1.29 is 9.13 Å². The van der Waals surface area contributed by atoms with Gasteiger partial charge in [0.1, 0.15) is 5.82 Å². The summed E-state index contributed by atoms with van der Waals surface area (Å²) in [6.07, 6.45) is 2.09. The van der Waals surface area contributed by atoms with E-state index >= 15 is 0 Å². The van der Waals surface area contributed by atoms with E-state index < -0.39 is 0 Å². The molecule has 0 heterocycles. The molecule has 0 aliphatic rings. The molecule has 0 amide bonds. The van der Waals surface area contributed by atoms with Crippen LogP contribution in [-0.4, -0.2) is 20.3 Å².